The molecular formula is C24H30ClFN2O2S. The molecule has 2 rings (SSSR count). The first kappa shape index (κ1) is 25.2. The molecule has 0 aliphatic heterocycles. The molecule has 0 heterocycles. The lowest BCUT2D eigenvalue weighted by molar-refractivity contribution is -0.139. The van der Waals surface area contributed by atoms with Crippen molar-refractivity contribution < 1.29 is 14.0 Å². The van der Waals surface area contributed by atoms with Crippen LogP contribution in [0.2, 0.25) is 5.02 Å². The van der Waals surface area contributed by atoms with Crippen molar-refractivity contribution in [2.24, 2.45) is 0 Å². The van der Waals surface area contributed by atoms with Crippen LogP contribution in [0.5, 0.6) is 0 Å². The quantitative estimate of drug-likeness (QED) is 0.482. The fourth-order valence-corrected chi connectivity index (χ4v) is 4.18. The minimum atomic E-state index is -0.585. The van der Waals surface area contributed by atoms with E-state index in [1.54, 1.807) is 17.0 Å². The van der Waals surface area contributed by atoms with Crippen LogP contribution in [0.25, 0.3) is 0 Å². The standard InChI is InChI=1S/C24H30ClFN2O2S/c1-4-17(3)27-24(30)22(5-2)28(14-18-9-11-21(26)12-10-18)23(29)16-31-15-19-7-6-8-20(25)13-19/h6-13,17,22H,4-5,14-16H2,1-3H3,(H,27,30)/t17-,22+/m0/s1. The Morgan fingerprint density at radius 2 is 1.81 bits per heavy atom. The zero-order valence-electron chi connectivity index (χ0n) is 18.2. The minimum Gasteiger partial charge on any atom is -0.352 e. The van der Waals surface area contributed by atoms with Crippen LogP contribution in [0.3, 0.4) is 0 Å². The lowest BCUT2D eigenvalue weighted by Gasteiger charge is -2.31. The number of benzene rings is 2. The van der Waals surface area contributed by atoms with Gasteiger partial charge >= 0.3 is 0 Å². The highest BCUT2D eigenvalue weighted by Crippen LogP contribution is 2.19. The molecule has 4 nitrogen and oxygen atoms in total. The summed E-state index contributed by atoms with van der Waals surface area (Å²) in [7, 11) is 0. The maximum Gasteiger partial charge on any atom is 0.243 e. The second-order valence-corrected chi connectivity index (χ2v) is 8.93. The largest absolute Gasteiger partial charge is 0.352 e. The number of amides is 2. The van der Waals surface area contributed by atoms with Gasteiger partial charge in [0.15, 0.2) is 0 Å². The van der Waals surface area contributed by atoms with Gasteiger partial charge < -0.3 is 10.2 Å². The Hall–Kier alpha value is -2.05. The highest BCUT2D eigenvalue weighted by atomic mass is 35.5. The van der Waals surface area contributed by atoms with Crippen molar-refractivity contribution in [2.45, 2.75) is 58.0 Å². The highest BCUT2D eigenvalue weighted by molar-refractivity contribution is 7.99. The van der Waals surface area contributed by atoms with E-state index in [0.717, 1.165) is 17.5 Å². The third-order valence-electron chi connectivity index (χ3n) is 5.04. The average molecular weight is 465 g/mol. The Morgan fingerprint density at radius 1 is 1.10 bits per heavy atom. The van der Waals surface area contributed by atoms with Crippen LogP contribution >= 0.6 is 23.4 Å². The molecule has 2 atom stereocenters. The van der Waals surface area contributed by atoms with Gasteiger partial charge in [0.2, 0.25) is 11.8 Å². The summed E-state index contributed by atoms with van der Waals surface area (Å²) in [4.78, 5) is 27.6. The van der Waals surface area contributed by atoms with E-state index in [2.05, 4.69) is 5.32 Å². The van der Waals surface area contributed by atoms with Gasteiger partial charge in [0.05, 0.1) is 5.75 Å². The molecule has 0 aliphatic rings. The maximum absolute atomic E-state index is 13.3. The van der Waals surface area contributed by atoms with E-state index in [9.17, 15) is 14.0 Å². The van der Waals surface area contributed by atoms with Crippen LogP contribution in [0.15, 0.2) is 48.5 Å². The fourth-order valence-electron chi connectivity index (χ4n) is 3.11. The van der Waals surface area contributed by atoms with E-state index >= 15 is 0 Å². The normalized spacial score (nSPS) is 12.8. The molecule has 0 aliphatic carbocycles. The summed E-state index contributed by atoms with van der Waals surface area (Å²) in [6.45, 7) is 6.09. The lowest BCUT2D eigenvalue weighted by atomic mass is 10.1. The minimum absolute atomic E-state index is 0.0292. The summed E-state index contributed by atoms with van der Waals surface area (Å²) in [5.41, 5.74) is 1.82. The van der Waals surface area contributed by atoms with Crippen LogP contribution in [0.4, 0.5) is 4.39 Å². The highest BCUT2D eigenvalue weighted by Gasteiger charge is 2.29. The van der Waals surface area contributed by atoms with Gasteiger partial charge in [-0.3, -0.25) is 9.59 Å². The van der Waals surface area contributed by atoms with Gasteiger partial charge in [0.25, 0.3) is 0 Å². The maximum atomic E-state index is 13.3. The van der Waals surface area contributed by atoms with Crippen molar-refractivity contribution in [1.29, 1.82) is 0 Å². The fraction of sp³-hybridized carbons (Fsp3) is 0.417. The van der Waals surface area contributed by atoms with Gasteiger partial charge in [-0.15, -0.1) is 11.8 Å². The van der Waals surface area contributed by atoms with Gasteiger partial charge in [0, 0.05) is 23.4 Å². The monoisotopic (exact) mass is 464 g/mol. The number of carbonyl (C=O) groups excluding carboxylic acids is 2. The van der Waals surface area contributed by atoms with E-state index in [1.165, 1.54) is 23.9 Å². The van der Waals surface area contributed by atoms with Crippen LogP contribution in [-0.2, 0) is 21.9 Å². The molecule has 1 N–H and O–H groups in total. The molecule has 168 valence electrons. The van der Waals surface area contributed by atoms with Gasteiger partial charge in [-0.25, -0.2) is 4.39 Å². The molecule has 0 aromatic heterocycles. The predicted octanol–water partition coefficient (Wildman–Crippen LogP) is 5.43. The molecule has 2 amide bonds. The number of nitrogens with one attached hydrogen (secondary N) is 1. The van der Waals surface area contributed by atoms with Crippen molar-refractivity contribution in [3.05, 3.63) is 70.5 Å². The molecule has 0 bridgehead atoms. The number of hydrogen-bond acceptors (Lipinski definition) is 3. The van der Waals surface area contributed by atoms with Crippen LogP contribution in [-0.4, -0.2) is 34.6 Å². The summed E-state index contributed by atoms with van der Waals surface area (Å²) >= 11 is 7.51. The van der Waals surface area contributed by atoms with Gasteiger partial charge in [-0.1, -0.05) is 49.7 Å². The van der Waals surface area contributed by atoms with E-state index in [1.807, 2.05) is 45.0 Å². The third-order valence-corrected chi connectivity index (χ3v) is 6.26. The summed E-state index contributed by atoms with van der Waals surface area (Å²) in [5, 5.41) is 3.65. The van der Waals surface area contributed by atoms with Crippen molar-refractivity contribution in [3.8, 4) is 0 Å². The van der Waals surface area contributed by atoms with Crippen molar-refractivity contribution in [2.75, 3.05) is 5.75 Å². The number of thioether (sulfide) groups is 1. The van der Waals surface area contributed by atoms with Crippen LogP contribution in [0, 0.1) is 5.82 Å². The summed E-state index contributed by atoms with van der Waals surface area (Å²) in [6, 6.07) is 13.0. The number of carbonyl (C=O) groups is 2. The second kappa shape index (κ2) is 12.7. The Balaban J connectivity index is 2.13. The molecule has 31 heavy (non-hydrogen) atoms. The molecule has 2 aromatic carbocycles. The van der Waals surface area contributed by atoms with E-state index in [4.69, 9.17) is 11.6 Å². The SMILES string of the molecule is CC[C@H](C(=O)N[C@@H](C)CC)N(Cc1ccc(F)cc1)C(=O)CSCc1cccc(Cl)c1. The zero-order valence-corrected chi connectivity index (χ0v) is 19.8. The number of halogens is 2. The van der Waals surface area contributed by atoms with Gasteiger partial charge in [-0.2, -0.15) is 0 Å². The van der Waals surface area contributed by atoms with Gasteiger partial charge in [0.1, 0.15) is 11.9 Å². The topological polar surface area (TPSA) is 49.4 Å². The molecule has 0 unspecified atom stereocenters. The molecule has 7 heteroatoms. The molecule has 2 aromatic rings. The Kier molecular flexibility index (Phi) is 10.3. The number of hydrogen-bond donors (Lipinski definition) is 1. The molecule has 0 radical (unpaired) electrons. The Labute approximate surface area is 193 Å². The van der Waals surface area contributed by atoms with Crippen molar-refractivity contribution in [1.82, 2.24) is 10.2 Å². The molecular weight excluding hydrogens is 435 g/mol. The second-order valence-electron chi connectivity index (χ2n) is 7.51. The van der Waals surface area contributed by atoms with Gasteiger partial charge in [-0.05, 0) is 55.2 Å². The first-order valence-electron chi connectivity index (χ1n) is 10.5. The van der Waals surface area contributed by atoms with Crippen molar-refractivity contribution >= 4 is 35.2 Å². The Bertz CT molecular complexity index is 863. The van der Waals surface area contributed by atoms with Crippen molar-refractivity contribution in [3.63, 3.8) is 0 Å². The molecule has 0 spiro atoms. The van der Waals surface area contributed by atoms with E-state index < -0.39 is 6.04 Å². The number of nitrogens with zero attached hydrogens (tertiary/aromatic N) is 1. The summed E-state index contributed by atoms with van der Waals surface area (Å²) in [5.74, 6) is 0.266. The van der Waals surface area contributed by atoms with E-state index in [-0.39, 0.29) is 36.0 Å². The molecule has 0 fully saturated rings. The first-order chi connectivity index (χ1) is 14.8. The predicted molar refractivity (Wildman–Crippen MR) is 127 cm³/mol. The smallest absolute Gasteiger partial charge is 0.243 e. The summed E-state index contributed by atoms with van der Waals surface area (Å²) < 4.78 is 13.3. The number of rotatable bonds is 11. The van der Waals surface area contributed by atoms with Crippen LogP contribution in [0.1, 0.15) is 44.7 Å². The average Bonchev–Trinajstić information content (AvgIpc) is 2.74. The molecule has 0 saturated heterocycles. The zero-order chi connectivity index (χ0) is 22.8. The molecule has 0 saturated carbocycles. The first-order valence-corrected chi connectivity index (χ1v) is 12.0. The Morgan fingerprint density at radius 3 is 2.42 bits per heavy atom. The third kappa shape index (κ3) is 8.19. The lowest BCUT2D eigenvalue weighted by Crippen LogP contribution is -2.51. The van der Waals surface area contributed by atoms with Crippen LogP contribution < -0.4 is 5.32 Å². The van der Waals surface area contributed by atoms with E-state index in [0.29, 0.717) is 17.2 Å². The summed E-state index contributed by atoms with van der Waals surface area (Å²) in [6.07, 6.45) is 1.30.